The first-order valence-electron chi connectivity index (χ1n) is 7.36. The fourth-order valence-corrected chi connectivity index (χ4v) is 2.64. The number of benzene rings is 2. The first-order valence-corrected chi connectivity index (χ1v) is 9.25. The molecule has 2 rings (SSSR count). The van der Waals surface area contributed by atoms with E-state index in [2.05, 4.69) is 10.0 Å². The van der Waals surface area contributed by atoms with Crippen molar-refractivity contribution in [1.29, 1.82) is 0 Å². The molecule has 2 aromatic rings. The lowest BCUT2D eigenvalue weighted by molar-refractivity contribution is -0.119. The molecule has 0 saturated heterocycles. The van der Waals surface area contributed by atoms with Crippen molar-refractivity contribution in [1.82, 2.24) is 0 Å². The average Bonchev–Trinajstić information content (AvgIpc) is 2.54. The van der Waals surface area contributed by atoms with Crippen LogP contribution in [0.5, 0.6) is 0 Å². The Bertz CT molecular complexity index is 893. The lowest BCUT2D eigenvalue weighted by atomic mass is 10.2. The highest BCUT2D eigenvalue weighted by molar-refractivity contribution is 7.92. The van der Waals surface area contributed by atoms with E-state index in [0.717, 1.165) is 11.8 Å². The zero-order valence-corrected chi connectivity index (χ0v) is 14.6. The van der Waals surface area contributed by atoms with E-state index in [0.29, 0.717) is 5.69 Å². The number of ether oxygens (including phenoxy) is 1. The van der Waals surface area contributed by atoms with Crippen LogP contribution < -0.4 is 10.0 Å². The van der Waals surface area contributed by atoms with Gasteiger partial charge in [0, 0.05) is 5.69 Å². The Labute approximate surface area is 146 Å². The number of sulfonamides is 1. The molecule has 0 spiro atoms. The van der Waals surface area contributed by atoms with Gasteiger partial charge in [0.15, 0.2) is 6.61 Å². The molecule has 2 aromatic carbocycles. The predicted molar refractivity (Wildman–Crippen MR) is 95.0 cm³/mol. The van der Waals surface area contributed by atoms with Gasteiger partial charge in [0.25, 0.3) is 5.91 Å². The number of nitrogens with one attached hydrogen (secondary N) is 2. The Hall–Kier alpha value is -2.87. The lowest BCUT2D eigenvalue weighted by Gasteiger charge is -2.11. The van der Waals surface area contributed by atoms with Crippen LogP contribution in [0, 0.1) is 6.92 Å². The Balaban J connectivity index is 2.01. The first-order chi connectivity index (χ1) is 11.8. The maximum Gasteiger partial charge on any atom is 0.340 e. The van der Waals surface area contributed by atoms with Crippen molar-refractivity contribution in [3.8, 4) is 0 Å². The fraction of sp³-hybridized carbons (Fsp3) is 0.176. The SMILES string of the molecule is Cc1ccccc1NC(=O)COC(=O)c1ccccc1NS(C)(=O)=O. The van der Waals surface area contributed by atoms with E-state index in [1.165, 1.54) is 12.1 Å². The summed E-state index contributed by atoms with van der Waals surface area (Å²) in [6.07, 6.45) is 0.977. The maximum absolute atomic E-state index is 12.1. The molecule has 2 N–H and O–H groups in total. The second kappa shape index (κ2) is 7.80. The van der Waals surface area contributed by atoms with Crippen LogP contribution in [-0.2, 0) is 19.6 Å². The molecule has 25 heavy (non-hydrogen) atoms. The number of carbonyl (C=O) groups is 2. The van der Waals surface area contributed by atoms with Gasteiger partial charge in [-0.3, -0.25) is 9.52 Å². The molecule has 7 nitrogen and oxygen atoms in total. The molecule has 0 radical (unpaired) electrons. The summed E-state index contributed by atoms with van der Waals surface area (Å²) in [5.41, 5.74) is 1.62. The van der Waals surface area contributed by atoms with Crippen molar-refractivity contribution in [2.75, 3.05) is 22.9 Å². The highest BCUT2D eigenvalue weighted by Crippen LogP contribution is 2.17. The van der Waals surface area contributed by atoms with Gasteiger partial charge in [0.05, 0.1) is 17.5 Å². The average molecular weight is 362 g/mol. The summed E-state index contributed by atoms with van der Waals surface area (Å²) in [6.45, 7) is 1.36. The standard InChI is InChI=1S/C17H18N2O5S/c1-12-7-3-5-9-14(12)18-16(20)11-24-17(21)13-8-4-6-10-15(13)19-25(2,22)23/h3-10,19H,11H2,1-2H3,(H,18,20). The molecule has 0 aliphatic rings. The van der Waals surface area contributed by atoms with Crippen LogP contribution in [0.25, 0.3) is 0 Å². The van der Waals surface area contributed by atoms with Crippen LogP contribution in [0.1, 0.15) is 15.9 Å². The number of esters is 1. The fourth-order valence-electron chi connectivity index (χ4n) is 2.06. The second-order valence-corrected chi connectivity index (χ2v) is 7.11. The van der Waals surface area contributed by atoms with Gasteiger partial charge in [0.2, 0.25) is 10.0 Å². The minimum Gasteiger partial charge on any atom is -0.452 e. The molecule has 1 amide bonds. The molecule has 0 atom stereocenters. The number of hydrogen-bond acceptors (Lipinski definition) is 5. The summed E-state index contributed by atoms with van der Waals surface area (Å²) < 4.78 is 29.9. The lowest BCUT2D eigenvalue weighted by Crippen LogP contribution is -2.22. The van der Waals surface area contributed by atoms with E-state index in [9.17, 15) is 18.0 Å². The van der Waals surface area contributed by atoms with Crippen molar-refractivity contribution in [2.45, 2.75) is 6.92 Å². The van der Waals surface area contributed by atoms with Gasteiger partial charge in [-0.15, -0.1) is 0 Å². The summed E-state index contributed by atoms with van der Waals surface area (Å²) in [5.74, 6) is -1.29. The topological polar surface area (TPSA) is 102 Å². The molecular weight excluding hydrogens is 344 g/mol. The van der Waals surface area contributed by atoms with E-state index < -0.39 is 28.5 Å². The zero-order chi connectivity index (χ0) is 18.4. The smallest absolute Gasteiger partial charge is 0.340 e. The Morgan fingerprint density at radius 1 is 1.00 bits per heavy atom. The first kappa shape index (κ1) is 18.5. The van der Waals surface area contributed by atoms with Crippen LogP contribution >= 0.6 is 0 Å². The van der Waals surface area contributed by atoms with Gasteiger partial charge in [-0.2, -0.15) is 0 Å². The van der Waals surface area contributed by atoms with Crippen molar-refractivity contribution < 1.29 is 22.7 Å². The number of para-hydroxylation sites is 2. The maximum atomic E-state index is 12.1. The van der Waals surface area contributed by atoms with Gasteiger partial charge in [-0.05, 0) is 30.7 Å². The number of aryl methyl sites for hydroxylation is 1. The molecular formula is C17H18N2O5S. The highest BCUT2D eigenvalue weighted by atomic mass is 32.2. The normalized spacial score (nSPS) is 10.8. The van der Waals surface area contributed by atoms with Crippen LogP contribution in [0.15, 0.2) is 48.5 Å². The van der Waals surface area contributed by atoms with Gasteiger partial charge < -0.3 is 10.1 Å². The monoisotopic (exact) mass is 362 g/mol. The number of hydrogen-bond donors (Lipinski definition) is 2. The summed E-state index contributed by atoms with van der Waals surface area (Å²) in [4.78, 5) is 24.1. The molecule has 0 aromatic heterocycles. The van der Waals surface area contributed by atoms with Gasteiger partial charge in [0.1, 0.15) is 0 Å². The summed E-state index contributed by atoms with van der Waals surface area (Å²) in [7, 11) is -3.55. The molecule has 0 unspecified atom stereocenters. The third-order valence-electron chi connectivity index (χ3n) is 3.20. The van der Waals surface area contributed by atoms with Gasteiger partial charge >= 0.3 is 5.97 Å². The van der Waals surface area contributed by atoms with Crippen molar-refractivity contribution in [3.05, 3.63) is 59.7 Å². The Morgan fingerprint density at radius 2 is 1.60 bits per heavy atom. The number of anilines is 2. The molecule has 8 heteroatoms. The molecule has 0 saturated carbocycles. The van der Waals surface area contributed by atoms with Crippen LogP contribution in [-0.4, -0.2) is 33.2 Å². The van der Waals surface area contributed by atoms with Crippen molar-refractivity contribution in [2.24, 2.45) is 0 Å². The van der Waals surface area contributed by atoms with Crippen LogP contribution in [0.4, 0.5) is 11.4 Å². The molecule has 132 valence electrons. The van der Waals surface area contributed by atoms with Crippen LogP contribution in [0.2, 0.25) is 0 Å². The van der Waals surface area contributed by atoms with E-state index in [-0.39, 0.29) is 11.3 Å². The van der Waals surface area contributed by atoms with E-state index in [1.54, 1.807) is 24.3 Å². The van der Waals surface area contributed by atoms with Crippen molar-refractivity contribution >= 4 is 33.3 Å². The zero-order valence-electron chi connectivity index (χ0n) is 13.8. The molecule has 0 aliphatic heterocycles. The van der Waals surface area contributed by atoms with Gasteiger partial charge in [-0.1, -0.05) is 30.3 Å². The summed E-state index contributed by atoms with van der Waals surface area (Å²) >= 11 is 0. The minimum absolute atomic E-state index is 0.0246. The number of carbonyl (C=O) groups excluding carboxylic acids is 2. The largest absolute Gasteiger partial charge is 0.452 e. The molecule has 0 heterocycles. The summed E-state index contributed by atoms with van der Waals surface area (Å²) in [6, 6.07) is 13.2. The molecule has 0 bridgehead atoms. The predicted octanol–water partition coefficient (Wildman–Crippen LogP) is 2.16. The Morgan fingerprint density at radius 3 is 2.24 bits per heavy atom. The van der Waals surface area contributed by atoms with Gasteiger partial charge in [-0.25, -0.2) is 13.2 Å². The Kier molecular flexibility index (Phi) is 5.76. The highest BCUT2D eigenvalue weighted by Gasteiger charge is 2.16. The van der Waals surface area contributed by atoms with E-state index in [1.807, 2.05) is 19.1 Å². The summed E-state index contributed by atoms with van der Waals surface area (Å²) in [5, 5.41) is 2.64. The third-order valence-corrected chi connectivity index (χ3v) is 3.79. The van der Waals surface area contributed by atoms with E-state index in [4.69, 9.17) is 4.74 Å². The minimum atomic E-state index is -3.55. The third kappa shape index (κ3) is 5.61. The second-order valence-electron chi connectivity index (χ2n) is 5.36. The number of rotatable bonds is 6. The molecule has 0 fully saturated rings. The van der Waals surface area contributed by atoms with Crippen molar-refractivity contribution in [3.63, 3.8) is 0 Å². The number of amides is 1. The van der Waals surface area contributed by atoms with Crippen LogP contribution in [0.3, 0.4) is 0 Å². The quantitative estimate of drug-likeness (QED) is 0.767. The molecule has 0 aliphatic carbocycles. The van der Waals surface area contributed by atoms with E-state index >= 15 is 0 Å².